The molecule has 106 valence electrons. The van der Waals surface area contributed by atoms with Gasteiger partial charge in [-0.2, -0.15) is 5.26 Å². The minimum atomic E-state index is -3.65. The fraction of sp³-hybridized carbons (Fsp3) is 0.429. The van der Waals surface area contributed by atoms with Crippen molar-refractivity contribution in [3.05, 3.63) is 35.9 Å². The molecule has 5 nitrogen and oxygen atoms in total. The lowest BCUT2D eigenvalue weighted by Crippen LogP contribution is -2.40. The summed E-state index contributed by atoms with van der Waals surface area (Å²) in [4.78, 5) is 12.2. The topological polar surface area (TPSA) is 87.0 Å². The Morgan fingerprint density at radius 2 is 1.95 bits per heavy atom. The summed E-state index contributed by atoms with van der Waals surface area (Å²) in [6.45, 7) is 0. The molecule has 0 heterocycles. The lowest BCUT2D eigenvalue weighted by atomic mass is 9.96. The molecule has 0 atom stereocenters. The van der Waals surface area contributed by atoms with Crippen LogP contribution in [0.15, 0.2) is 30.3 Å². The van der Waals surface area contributed by atoms with Gasteiger partial charge in [0.25, 0.3) is 0 Å². The monoisotopic (exact) mass is 292 g/mol. The van der Waals surface area contributed by atoms with E-state index in [1.807, 2.05) is 36.4 Å². The van der Waals surface area contributed by atoms with Crippen molar-refractivity contribution < 1.29 is 13.2 Å². The fourth-order valence-electron chi connectivity index (χ4n) is 2.16. The van der Waals surface area contributed by atoms with Gasteiger partial charge in [0.15, 0.2) is 0 Å². The lowest BCUT2D eigenvalue weighted by molar-refractivity contribution is -0.121. The summed E-state index contributed by atoms with van der Waals surface area (Å²) in [5.41, 5.74) is 0.161. The quantitative estimate of drug-likeness (QED) is 0.804. The van der Waals surface area contributed by atoms with E-state index in [1.165, 1.54) is 0 Å². The molecule has 1 saturated carbocycles. The van der Waals surface area contributed by atoms with Gasteiger partial charge in [-0.1, -0.05) is 30.3 Å². The first-order valence-electron chi connectivity index (χ1n) is 6.48. The van der Waals surface area contributed by atoms with Gasteiger partial charge in [-0.05, 0) is 24.8 Å². The normalized spacial score (nSPS) is 16.1. The molecule has 1 amide bonds. The molecular weight excluding hydrogens is 276 g/mol. The maximum absolute atomic E-state index is 12.2. The number of carbonyl (C=O) groups excluding carboxylic acids is 1. The number of carbonyl (C=O) groups is 1. The number of sulfonamides is 1. The highest BCUT2D eigenvalue weighted by atomic mass is 32.2. The summed E-state index contributed by atoms with van der Waals surface area (Å²) in [5, 5.41) is 8.40. The predicted molar refractivity (Wildman–Crippen MR) is 74.1 cm³/mol. The van der Waals surface area contributed by atoms with E-state index in [1.54, 1.807) is 0 Å². The first-order chi connectivity index (χ1) is 9.50. The maximum Gasteiger partial charge on any atom is 0.244 e. The molecule has 0 saturated heterocycles. The summed E-state index contributed by atoms with van der Waals surface area (Å²) in [6.07, 6.45) is 1.73. The van der Waals surface area contributed by atoms with Crippen molar-refractivity contribution in [1.29, 1.82) is 5.26 Å². The third kappa shape index (κ3) is 3.17. The zero-order chi connectivity index (χ0) is 14.6. The molecule has 1 aromatic carbocycles. The van der Waals surface area contributed by atoms with E-state index in [-0.39, 0.29) is 18.6 Å². The number of hydrogen-bond donors (Lipinski definition) is 1. The molecule has 20 heavy (non-hydrogen) atoms. The number of unbranched alkanes of at least 4 members (excludes halogenated alkanes) is 1. The number of hydrogen-bond acceptors (Lipinski definition) is 4. The van der Waals surface area contributed by atoms with Crippen LogP contribution in [-0.2, 0) is 20.2 Å². The average molecular weight is 292 g/mol. The Morgan fingerprint density at radius 1 is 1.30 bits per heavy atom. The molecule has 1 aliphatic rings. The number of nitriles is 1. The second kappa shape index (κ2) is 5.63. The number of nitrogens with one attached hydrogen (secondary N) is 1. The molecule has 0 radical (unpaired) electrons. The Balaban J connectivity index is 2.04. The van der Waals surface area contributed by atoms with Gasteiger partial charge in [0, 0.05) is 6.42 Å². The van der Waals surface area contributed by atoms with E-state index < -0.39 is 21.3 Å². The largest absolute Gasteiger partial charge is 0.273 e. The van der Waals surface area contributed by atoms with Gasteiger partial charge in [-0.3, -0.25) is 9.52 Å². The zero-order valence-electron chi connectivity index (χ0n) is 11.0. The lowest BCUT2D eigenvalue weighted by Gasteiger charge is -2.15. The van der Waals surface area contributed by atoms with Gasteiger partial charge in [-0.25, -0.2) is 8.42 Å². The molecule has 1 aliphatic carbocycles. The van der Waals surface area contributed by atoms with Gasteiger partial charge in [0.05, 0.1) is 17.2 Å². The van der Waals surface area contributed by atoms with Gasteiger partial charge in [-0.15, -0.1) is 0 Å². The summed E-state index contributed by atoms with van der Waals surface area (Å²) >= 11 is 0. The highest BCUT2D eigenvalue weighted by molar-refractivity contribution is 7.90. The standard InChI is InChI=1S/C14H16N2O3S/c15-10-4-5-11-20(18,19)16-13(17)14(8-9-14)12-6-2-1-3-7-12/h1-3,6-7H,4-5,8-9,11H2,(H,16,17). The van der Waals surface area contributed by atoms with Gasteiger partial charge in [0.2, 0.25) is 15.9 Å². The molecule has 1 N–H and O–H groups in total. The first-order valence-corrected chi connectivity index (χ1v) is 8.13. The van der Waals surface area contributed by atoms with E-state index in [0.29, 0.717) is 12.8 Å². The van der Waals surface area contributed by atoms with Gasteiger partial charge >= 0.3 is 0 Å². The Labute approximate surface area is 118 Å². The highest BCUT2D eigenvalue weighted by Gasteiger charge is 2.52. The van der Waals surface area contributed by atoms with Crippen molar-refractivity contribution in [2.45, 2.75) is 31.1 Å². The Bertz CT molecular complexity index is 628. The molecular formula is C14H16N2O3S. The average Bonchev–Trinajstić information content (AvgIpc) is 3.21. The molecule has 1 fully saturated rings. The Kier molecular flexibility index (Phi) is 4.09. The molecule has 1 aromatic rings. The molecule has 0 spiro atoms. The van der Waals surface area contributed by atoms with Crippen LogP contribution in [0.4, 0.5) is 0 Å². The number of benzene rings is 1. The van der Waals surface area contributed by atoms with Crippen LogP contribution >= 0.6 is 0 Å². The SMILES string of the molecule is N#CCCCS(=O)(=O)NC(=O)C1(c2ccccc2)CC1. The van der Waals surface area contributed by atoms with Crippen LogP contribution in [0.2, 0.25) is 0 Å². The van der Waals surface area contributed by atoms with Crippen LogP contribution in [0.1, 0.15) is 31.2 Å². The highest BCUT2D eigenvalue weighted by Crippen LogP contribution is 2.48. The molecule has 0 unspecified atom stereocenters. The third-order valence-corrected chi connectivity index (χ3v) is 4.78. The van der Waals surface area contributed by atoms with Gasteiger partial charge < -0.3 is 0 Å². The van der Waals surface area contributed by atoms with Crippen LogP contribution in [-0.4, -0.2) is 20.1 Å². The fourth-order valence-corrected chi connectivity index (χ4v) is 3.26. The minimum absolute atomic E-state index is 0.166. The summed E-state index contributed by atoms with van der Waals surface area (Å²) < 4.78 is 25.7. The Hall–Kier alpha value is -1.87. The van der Waals surface area contributed by atoms with Crippen LogP contribution in [0.5, 0.6) is 0 Å². The van der Waals surface area contributed by atoms with Crippen molar-refractivity contribution in [2.24, 2.45) is 0 Å². The molecule has 0 aromatic heterocycles. The van der Waals surface area contributed by atoms with Crippen LogP contribution in [0.3, 0.4) is 0 Å². The maximum atomic E-state index is 12.2. The van der Waals surface area contributed by atoms with E-state index in [9.17, 15) is 13.2 Å². The molecule has 6 heteroatoms. The molecule has 0 aliphatic heterocycles. The van der Waals surface area contributed by atoms with Crippen molar-refractivity contribution in [3.8, 4) is 6.07 Å². The summed E-state index contributed by atoms with van der Waals surface area (Å²) in [7, 11) is -3.65. The first kappa shape index (κ1) is 14.5. The molecule has 0 bridgehead atoms. The second-order valence-electron chi connectivity index (χ2n) is 4.96. The van der Waals surface area contributed by atoms with Crippen LogP contribution in [0, 0.1) is 11.3 Å². The Morgan fingerprint density at radius 3 is 2.50 bits per heavy atom. The number of rotatable bonds is 6. The summed E-state index contributed by atoms with van der Waals surface area (Å²) in [6, 6.07) is 11.1. The third-order valence-electron chi connectivity index (χ3n) is 3.46. The zero-order valence-corrected chi connectivity index (χ0v) is 11.8. The van der Waals surface area contributed by atoms with E-state index in [4.69, 9.17) is 5.26 Å². The van der Waals surface area contributed by atoms with Crippen molar-refractivity contribution in [3.63, 3.8) is 0 Å². The predicted octanol–water partition coefficient (Wildman–Crippen LogP) is 1.47. The second-order valence-corrected chi connectivity index (χ2v) is 6.80. The van der Waals surface area contributed by atoms with Crippen molar-refractivity contribution in [2.75, 3.05) is 5.75 Å². The minimum Gasteiger partial charge on any atom is -0.273 e. The van der Waals surface area contributed by atoms with Crippen molar-refractivity contribution in [1.82, 2.24) is 4.72 Å². The van der Waals surface area contributed by atoms with Crippen LogP contribution in [0.25, 0.3) is 0 Å². The van der Waals surface area contributed by atoms with Crippen molar-refractivity contribution >= 4 is 15.9 Å². The number of nitrogens with zero attached hydrogens (tertiary/aromatic N) is 1. The van der Waals surface area contributed by atoms with E-state index in [0.717, 1.165) is 5.56 Å². The van der Waals surface area contributed by atoms with Crippen LogP contribution < -0.4 is 4.72 Å². The smallest absolute Gasteiger partial charge is 0.244 e. The number of amides is 1. The van der Waals surface area contributed by atoms with Gasteiger partial charge in [0.1, 0.15) is 0 Å². The summed E-state index contributed by atoms with van der Waals surface area (Å²) in [5.74, 6) is -0.655. The van der Waals surface area contributed by atoms with E-state index in [2.05, 4.69) is 4.72 Å². The molecule has 2 rings (SSSR count). The van der Waals surface area contributed by atoms with E-state index >= 15 is 0 Å².